The highest BCUT2D eigenvalue weighted by Gasteiger charge is 2.16. The smallest absolute Gasteiger partial charge is 0.0542 e. The maximum atomic E-state index is 4.16. The first kappa shape index (κ1) is 28.3. The summed E-state index contributed by atoms with van der Waals surface area (Å²) in [6.07, 6.45) is 22.2. The third-order valence-electron chi connectivity index (χ3n) is 7.42. The van der Waals surface area contributed by atoms with Gasteiger partial charge in [0.1, 0.15) is 0 Å². The largest absolute Gasteiger partial charge is 0.355 e. The van der Waals surface area contributed by atoms with Gasteiger partial charge in [0.2, 0.25) is 0 Å². The Morgan fingerprint density at radius 1 is 0.714 bits per heavy atom. The molecule has 1 N–H and O–H groups in total. The first-order chi connectivity index (χ1) is 20.6. The fourth-order valence-corrected chi connectivity index (χ4v) is 5.62. The van der Waals surface area contributed by atoms with Crippen LogP contribution in [0.1, 0.15) is 32.0 Å². The summed E-state index contributed by atoms with van der Waals surface area (Å²) in [6.45, 7) is 18.2. The number of para-hydroxylation sites is 1. The molecule has 2 heterocycles. The van der Waals surface area contributed by atoms with E-state index >= 15 is 0 Å². The minimum Gasteiger partial charge on any atom is -0.355 e. The summed E-state index contributed by atoms with van der Waals surface area (Å²) in [7, 11) is 0. The van der Waals surface area contributed by atoms with Gasteiger partial charge in [0.25, 0.3) is 0 Å². The Bertz CT molecular complexity index is 1980. The van der Waals surface area contributed by atoms with Crippen molar-refractivity contribution in [3.63, 3.8) is 0 Å². The predicted molar refractivity (Wildman–Crippen MR) is 188 cm³/mol. The van der Waals surface area contributed by atoms with Gasteiger partial charge in [-0.3, -0.25) is 0 Å². The number of anilines is 2. The molecule has 0 atom stereocenters. The number of hydrogen-bond acceptors (Lipinski definition) is 1. The second-order valence-electron chi connectivity index (χ2n) is 9.91. The molecule has 0 saturated heterocycles. The van der Waals surface area contributed by atoms with E-state index in [0.717, 1.165) is 50.4 Å². The third-order valence-corrected chi connectivity index (χ3v) is 7.42. The average molecular weight is 548 g/mol. The molecule has 0 spiro atoms. The van der Waals surface area contributed by atoms with Crippen molar-refractivity contribution in [2.45, 2.75) is 20.8 Å². The normalized spacial score (nSPS) is 12.9. The van der Waals surface area contributed by atoms with Crippen molar-refractivity contribution in [1.29, 1.82) is 0 Å². The molecule has 0 unspecified atom stereocenters. The average Bonchev–Trinajstić information content (AvgIpc) is 3.50. The van der Waals surface area contributed by atoms with Crippen LogP contribution >= 0.6 is 0 Å². The number of hydrogen-bond donors (Lipinski definition) is 1. The molecule has 0 radical (unpaired) electrons. The van der Waals surface area contributed by atoms with Crippen molar-refractivity contribution in [3.05, 3.63) is 146 Å². The van der Waals surface area contributed by atoms with Crippen LogP contribution < -0.4 is 5.32 Å². The zero-order valence-corrected chi connectivity index (χ0v) is 24.6. The number of nitrogens with zero attached hydrogens (tertiary/aromatic N) is 2. The van der Waals surface area contributed by atoms with Gasteiger partial charge in [0.05, 0.1) is 22.2 Å². The quantitative estimate of drug-likeness (QED) is 0.173. The lowest BCUT2D eigenvalue weighted by molar-refractivity contribution is 1.15. The highest BCUT2D eigenvalue weighted by atomic mass is 15.0. The summed E-state index contributed by atoms with van der Waals surface area (Å²) >= 11 is 0. The van der Waals surface area contributed by atoms with Gasteiger partial charge in [0, 0.05) is 44.5 Å². The number of aromatic nitrogens is 2. The van der Waals surface area contributed by atoms with E-state index in [1.807, 2.05) is 44.2 Å². The van der Waals surface area contributed by atoms with E-state index in [1.165, 1.54) is 16.3 Å². The summed E-state index contributed by atoms with van der Waals surface area (Å²) in [5, 5.41) is 7.20. The zero-order chi connectivity index (χ0) is 29.6. The van der Waals surface area contributed by atoms with Gasteiger partial charge in [-0.05, 0) is 87.5 Å². The van der Waals surface area contributed by atoms with E-state index in [-0.39, 0.29) is 0 Å². The Kier molecular flexibility index (Phi) is 8.40. The molecular weight excluding hydrogens is 510 g/mol. The summed E-state index contributed by atoms with van der Waals surface area (Å²) in [4.78, 5) is 0. The number of benzene rings is 3. The van der Waals surface area contributed by atoms with E-state index in [9.17, 15) is 0 Å². The lowest BCUT2D eigenvalue weighted by Crippen LogP contribution is -1.97. The molecule has 0 bridgehead atoms. The lowest BCUT2D eigenvalue weighted by Gasteiger charge is -2.11. The second kappa shape index (κ2) is 12.5. The maximum absolute atomic E-state index is 4.16. The van der Waals surface area contributed by atoms with Crippen LogP contribution in [0.4, 0.5) is 11.4 Å². The second-order valence-corrected chi connectivity index (χ2v) is 9.91. The monoisotopic (exact) mass is 547 g/mol. The molecule has 208 valence electrons. The van der Waals surface area contributed by atoms with Crippen LogP contribution in [0, 0.1) is 0 Å². The van der Waals surface area contributed by atoms with Crippen molar-refractivity contribution in [2.75, 3.05) is 5.32 Å². The number of rotatable bonds is 10. The molecular formula is C39H37N3. The van der Waals surface area contributed by atoms with Crippen LogP contribution in [0.25, 0.3) is 56.3 Å². The molecule has 0 aliphatic carbocycles. The minimum absolute atomic E-state index is 1.00. The standard InChI is InChI=1S/C39H37N3/c1-7-13-18-30(10-4)41-36(17-9-3)32(12-6)34-26-28(22-24-38(34)41)40-29-23-25-39-35(27-29)33-20-15-16-21-37(33)42(39)31(11-5)19-14-8-2/h7-27,40H,2,4,6H2,1,3,5H3/b13-7-,17-9-,19-14-,30-18+,31-11+. The Morgan fingerprint density at radius 3 is 2.05 bits per heavy atom. The zero-order valence-electron chi connectivity index (χ0n) is 24.6. The first-order valence-electron chi connectivity index (χ1n) is 14.3. The molecule has 0 aliphatic rings. The van der Waals surface area contributed by atoms with Crippen LogP contribution in [0.5, 0.6) is 0 Å². The molecule has 3 aromatic carbocycles. The lowest BCUT2D eigenvalue weighted by atomic mass is 10.1. The topological polar surface area (TPSA) is 21.9 Å². The number of allylic oxidation sites excluding steroid dienone is 11. The molecule has 3 nitrogen and oxygen atoms in total. The summed E-state index contributed by atoms with van der Waals surface area (Å²) in [5.74, 6) is 0. The van der Waals surface area contributed by atoms with Crippen LogP contribution in [-0.4, -0.2) is 9.13 Å². The van der Waals surface area contributed by atoms with Gasteiger partial charge in [-0.25, -0.2) is 0 Å². The van der Waals surface area contributed by atoms with Crippen molar-refractivity contribution in [1.82, 2.24) is 9.13 Å². The highest BCUT2D eigenvalue weighted by Crippen LogP contribution is 2.37. The van der Waals surface area contributed by atoms with Gasteiger partial charge < -0.3 is 14.5 Å². The van der Waals surface area contributed by atoms with Crippen molar-refractivity contribution in [2.24, 2.45) is 0 Å². The third kappa shape index (κ3) is 5.02. The molecule has 0 aliphatic heterocycles. The Morgan fingerprint density at radius 2 is 1.40 bits per heavy atom. The maximum Gasteiger partial charge on any atom is 0.0542 e. The van der Waals surface area contributed by atoms with E-state index in [2.05, 4.69) is 132 Å². The summed E-state index contributed by atoms with van der Waals surface area (Å²) < 4.78 is 4.55. The summed E-state index contributed by atoms with van der Waals surface area (Å²) in [6, 6.07) is 21.6. The first-order valence-corrected chi connectivity index (χ1v) is 14.3. The predicted octanol–water partition coefficient (Wildman–Crippen LogP) is 11.4. The SMILES string of the molecule is C=C/C=C\C(=C/C)n1c2ccccc2c2cc(Nc3ccc4c(c3)c(C=C)c(/C=C\C)n4/C(C=C)=C/C=C\C)ccc21. The van der Waals surface area contributed by atoms with Crippen molar-refractivity contribution >= 4 is 67.6 Å². The van der Waals surface area contributed by atoms with Crippen LogP contribution in [0.2, 0.25) is 0 Å². The molecule has 0 saturated carbocycles. The van der Waals surface area contributed by atoms with Gasteiger partial charge in [-0.15, -0.1) is 0 Å². The van der Waals surface area contributed by atoms with E-state index < -0.39 is 0 Å². The molecule has 2 aromatic heterocycles. The highest BCUT2D eigenvalue weighted by molar-refractivity contribution is 6.11. The van der Waals surface area contributed by atoms with Crippen molar-refractivity contribution in [3.8, 4) is 0 Å². The van der Waals surface area contributed by atoms with Crippen LogP contribution in [0.15, 0.2) is 135 Å². The Hall–Kier alpha value is -5.28. The number of fused-ring (bicyclic) bond motifs is 4. The fourth-order valence-electron chi connectivity index (χ4n) is 5.62. The molecule has 0 fully saturated rings. The molecule has 5 aromatic rings. The van der Waals surface area contributed by atoms with Gasteiger partial charge in [-0.1, -0.05) is 80.5 Å². The van der Waals surface area contributed by atoms with Gasteiger partial charge >= 0.3 is 0 Å². The van der Waals surface area contributed by atoms with Crippen LogP contribution in [-0.2, 0) is 0 Å². The molecule has 3 heteroatoms. The van der Waals surface area contributed by atoms with Gasteiger partial charge in [-0.2, -0.15) is 0 Å². The van der Waals surface area contributed by atoms with Crippen LogP contribution in [0.3, 0.4) is 0 Å². The molecule has 5 rings (SSSR count). The van der Waals surface area contributed by atoms with E-state index in [4.69, 9.17) is 0 Å². The molecule has 42 heavy (non-hydrogen) atoms. The van der Waals surface area contributed by atoms with Gasteiger partial charge in [0.15, 0.2) is 0 Å². The summed E-state index contributed by atoms with van der Waals surface area (Å²) in [5.41, 5.74) is 9.75. The van der Waals surface area contributed by atoms with Crippen molar-refractivity contribution < 1.29 is 0 Å². The molecule has 0 amide bonds. The minimum atomic E-state index is 1.00. The number of nitrogens with one attached hydrogen (secondary N) is 1. The fraction of sp³-hybridized carbons (Fsp3) is 0.0769. The van der Waals surface area contributed by atoms with E-state index in [1.54, 1.807) is 6.08 Å². The van der Waals surface area contributed by atoms with E-state index in [0.29, 0.717) is 0 Å². The Balaban J connectivity index is 1.64. The Labute approximate surface area is 248 Å².